The van der Waals surface area contributed by atoms with Crippen molar-refractivity contribution < 1.29 is 47.7 Å². The van der Waals surface area contributed by atoms with Crippen LogP contribution < -0.4 is 10.2 Å². The molecule has 0 aliphatic rings. The predicted octanol–water partition coefficient (Wildman–Crippen LogP) is -1.64. The van der Waals surface area contributed by atoms with E-state index in [0.29, 0.717) is 0 Å². The number of carbonyl (C=O) groups is 2. The van der Waals surface area contributed by atoms with Gasteiger partial charge in [-0.1, -0.05) is 20.8 Å². The van der Waals surface area contributed by atoms with Crippen molar-refractivity contribution in [2.24, 2.45) is 5.41 Å². The molecule has 5 nitrogen and oxygen atoms in total. The summed E-state index contributed by atoms with van der Waals surface area (Å²) in [5.74, 6) is -2.09. The summed E-state index contributed by atoms with van der Waals surface area (Å²) in [7, 11) is 0. The summed E-state index contributed by atoms with van der Waals surface area (Å²) < 4.78 is 0. The van der Waals surface area contributed by atoms with Gasteiger partial charge in [-0.15, -0.1) is 0 Å². The summed E-state index contributed by atoms with van der Waals surface area (Å²) >= 11 is 0. The second-order valence-corrected chi connectivity index (χ2v) is 3.03. The second-order valence-electron chi connectivity index (χ2n) is 3.03. The monoisotopic (exact) mass is 374 g/mol. The van der Waals surface area contributed by atoms with Gasteiger partial charge in [0.15, 0.2) is 0 Å². The Kier molecular flexibility index (Phi) is 17.2. The van der Waals surface area contributed by atoms with Crippen LogP contribution in [0.3, 0.4) is 0 Å². The van der Waals surface area contributed by atoms with E-state index in [-0.39, 0.29) is 27.9 Å². The van der Waals surface area contributed by atoms with E-state index in [0.717, 1.165) is 6.92 Å². The minimum atomic E-state index is -1.08. The van der Waals surface area contributed by atoms with Crippen LogP contribution >= 0.6 is 0 Å². The van der Waals surface area contributed by atoms with Gasteiger partial charge in [0.05, 0.1) is 0 Å². The molecule has 6 heteroatoms. The van der Waals surface area contributed by atoms with Gasteiger partial charge in [-0.25, -0.2) is 0 Å². The molecule has 0 amide bonds. The van der Waals surface area contributed by atoms with E-state index in [4.69, 9.17) is 9.90 Å². The van der Waals surface area contributed by atoms with Gasteiger partial charge in [0.25, 0.3) is 0 Å². The number of rotatable bonds is 0. The molecule has 0 aromatic carbocycles. The topological polar surface area (TPSA) is 110 Å². The van der Waals surface area contributed by atoms with E-state index < -0.39 is 17.4 Å². The Morgan fingerprint density at radius 1 is 1.08 bits per heavy atom. The van der Waals surface area contributed by atoms with Crippen LogP contribution in [0.4, 0.5) is 0 Å². The molecule has 0 radical (unpaired) electrons. The third kappa shape index (κ3) is 34.0. The van der Waals surface area contributed by atoms with Gasteiger partial charge in [-0.05, 0) is 6.92 Å². The molecule has 1 N–H and O–H groups in total. The van der Waals surface area contributed by atoms with Gasteiger partial charge in [-0.2, -0.15) is 0 Å². The fourth-order valence-electron chi connectivity index (χ4n) is 0. The largest absolute Gasteiger partial charge is 3.00 e. The zero-order chi connectivity index (χ0) is 9.65. The molecular formula is C7H13AuO5. The Morgan fingerprint density at radius 3 is 1.15 bits per heavy atom. The first kappa shape index (κ1) is 22.9. The smallest absolute Gasteiger partial charge is 0.870 e. The van der Waals surface area contributed by atoms with Crippen molar-refractivity contribution in [2.75, 3.05) is 0 Å². The SMILES string of the molecule is CC(=O)[O-].CC(C)(C)C(=O)[O-].[Au+3].[OH-]. The quantitative estimate of drug-likeness (QED) is 0.473. The number of aliphatic carboxylic acids is 2. The van der Waals surface area contributed by atoms with Crippen LogP contribution in [0.15, 0.2) is 0 Å². The van der Waals surface area contributed by atoms with Gasteiger partial charge < -0.3 is 25.3 Å². The fourth-order valence-corrected chi connectivity index (χ4v) is 0. The minimum absolute atomic E-state index is 0. The number of carboxylic acid groups (broad SMARTS) is 2. The zero-order valence-electron chi connectivity index (χ0n) is 7.88. The Morgan fingerprint density at radius 2 is 1.15 bits per heavy atom. The van der Waals surface area contributed by atoms with Crippen LogP contribution in [0.25, 0.3) is 0 Å². The zero-order valence-corrected chi connectivity index (χ0v) is 10.0. The van der Waals surface area contributed by atoms with E-state index in [1.807, 2.05) is 0 Å². The molecule has 0 unspecified atom stereocenters. The van der Waals surface area contributed by atoms with Crippen LogP contribution in [0.5, 0.6) is 0 Å². The summed E-state index contributed by atoms with van der Waals surface area (Å²) in [5.41, 5.74) is -0.694. The van der Waals surface area contributed by atoms with Crippen molar-refractivity contribution in [1.82, 2.24) is 0 Å². The van der Waals surface area contributed by atoms with Gasteiger partial charge >= 0.3 is 22.4 Å². The van der Waals surface area contributed by atoms with Crippen molar-refractivity contribution in [1.29, 1.82) is 0 Å². The summed E-state index contributed by atoms with van der Waals surface area (Å²) in [6.45, 7) is 5.77. The number of hydrogen-bond acceptors (Lipinski definition) is 5. The molecule has 0 fully saturated rings. The van der Waals surface area contributed by atoms with Crippen LogP contribution in [-0.4, -0.2) is 17.4 Å². The summed E-state index contributed by atoms with van der Waals surface area (Å²) in [5, 5.41) is 18.8. The number of carboxylic acids is 2. The maximum atomic E-state index is 9.91. The third-order valence-electron chi connectivity index (χ3n) is 0.612. The summed E-state index contributed by atoms with van der Waals surface area (Å²) in [4.78, 5) is 18.8. The molecule has 0 bridgehead atoms. The maximum absolute atomic E-state index is 9.91. The molecule has 0 spiro atoms. The molecule has 82 valence electrons. The van der Waals surface area contributed by atoms with E-state index in [1.165, 1.54) is 0 Å². The van der Waals surface area contributed by atoms with Crippen LogP contribution in [0.2, 0.25) is 0 Å². The second kappa shape index (κ2) is 9.73. The van der Waals surface area contributed by atoms with Gasteiger partial charge in [0, 0.05) is 17.4 Å². The van der Waals surface area contributed by atoms with Crippen molar-refractivity contribution in [3.8, 4) is 0 Å². The first-order chi connectivity index (χ1) is 4.68. The van der Waals surface area contributed by atoms with E-state index in [2.05, 4.69) is 0 Å². The first-order valence-electron chi connectivity index (χ1n) is 3.07. The van der Waals surface area contributed by atoms with Crippen LogP contribution in [0, 0.1) is 5.41 Å². The molecule has 0 aromatic rings. The Bertz CT molecular complexity index is 145. The molecule has 0 saturated heterocycles. The van der Waals surface area contributed by atoms with E-state index >= 15 is 0 Å². The molecule has 0 aliphatic carbocycles. The molecule has 0 saturated carbocycles. The molecule has 0 aliphatic heterocycles. The van der Waals surface area contributed by atoms with Gasteiger partial charge in [-0.3, -0.25) is 0 Å². The van der Waals surface area contributed by atoms with E-state index in [9.17, 15) is 9.90 Å². The first-order valence-corrected chi connectivity index (χ1v) is 3.07. The molecule has 0 aromatic heterocycles. The normalized spacial score (nSPS) is 8.00. The standard InChI is InChI=1S/C5H10O2.C2H4O2.Au.H2O/c1-5(2,3)4(6)7;1-2(3)4;;/h1-3H3,(H,6,7);1H3,(H,3,4);;1H2/q;;+3;/p-3. The number of hydrogen-bond donors (Lipinski definition) is 0. The van der Waals surface area contributed by atoms with Crippen molar-refractivity contribution >= 4 is 11.9 Å². The Balaban J connectivity index is -0.0000000600. The van der Waals surface area contributed by atoms with Crippen molar-refractivity contribution in [2.45, 2.75) is 27.7 Å². The third-order valence-corrected chi connectivity index (χ3v) is 0.612. The molecule has 0 atom stereocenters. The molecular weight excluding hydrogens is 361 g/mol. The predicted molar refractivity (Wildman–Crippen MR) is 37.1 cm³/mol. The average molecular weight is 374 g/mol. The summed E-state index contributed by atoms with van der Waals surface area (Å²) in [6.07, 6.45) is 0. The summed E-state index contributed by atoms with van der Waals surface area (Å²) in [6, 6.07) is 0. The Hall–Kier alpha value is -0.360. The molecule has 0 heterocycles. The van der Waals surface area contributed by atoms with Crippen LogP contribution in [0.1, 0.15) is 27.7 Å². The Labute approximate surface area is 93.0 Å². The van der Waals surface area contributed by atoms with Crippen molar-refractivity contribution in [3.63, 3.8) is 0 Å². The van der Waals surface area contributed by atoms with Gasteiger partial charge in [0.2, 0.25) is 0 Å². The number of carbonyl (C=O) groups excluding carboxylic acids is 2. The van der Waals surface area contributed by atoms with Gasteiger partial charge in [0.1, 0.15) is 0 Å². The van der Waals surface area contributed by atoms with E-state index in [1.54, 1.807) is 20.8 Å². The van der Waals surface area contributed by atoms with Crippen LogP contribution in [-0.2, 0) is 32.0 Å². The molecule has 0 rings (SSSR count). The minimum Gasteiger partial charge on any atom is -0.870 e. The maximum Gasteiger partial charge on any atom is 3.00 e. The fraction of sp³-hybridized carbons (Fsp3) is 0.714. The average Bonchev–Trinajstić information content (AvgIpc) is 1.59. The molecule has 13 heavy (non-hydrogen) atoms. The van der Waals surface area contributed by atoms with Crippen molar-refractivity contribution in [3.05, 3.63) is 0 Å².